The van der Waals surface area contributed by atoms with Crippen molar-refractivity contribution in [2.75, 3.05) is 9.62 Å². The number of nitrogens with zero attached hydrogens (tertiary/aromatic N) is 2. The molecule has 158 valence electrons. The summed E-state index contributed by atoms with van der Waals surface area (Å²) in [6.07, 6.45) is -5.61. The molecule has 1 amide bonds. The Morgan fingerprint density at radius 2 is 1.87 bits per heavy atom. The maximum Gasteiger partial charge on any atom is 0.394 e. The number of hydrogen-bond acceptors (Lipinski definition) is 5. The molecule has 0 saturated heterocycles. The van der Waals surface area contributed by atoms with E-state index in [1.54, 1.807) is 36.4 Å². The van der Waals surface area contributed by atoms with Gasteiger partial charge in [0.1, 0.15) is 0 Å². The summed E-state index contributed by atoms with van der Waals surface area (Å²) >= 11 is -1.87. The molecule has 3 aromatic rings. The highest BCUT2D eigenvalue weighted by atomic mass is 32.2. The summed E-state index contributed by atoms with van der Waals surface area (Å²) < 4.78 is 62.3. The zero-order valence-electron chi connectivity index (χ0n) is 15.5. The van der Waals surface area contributed by atoms with E-state index in [1.807, 2.05) is 6.92 Å². The third-order valence-corrected chi connectivity index (χ3v) is 5.45. The predicted octanol–water partition coefficient (Wildman–Crippen LogP) is 4.74. The summed E-state index contributed by atoms with van der Waals surface area (Å²) in [6.45, 7) is 1.85. The van der Waals surface area contributed by atoms with Crippen LogP contribution in [-0.4, -0.2) is 25.8 Å². The molecule has 0 aliphatic carbocycles. The number of hydrogen-bond donors (Lipinski definition) is 1. The van der Waals surface area contributed by atoms with Crippen molar-refractivity contribution >= 4 is 45.0 Å². The second-order valence-electron chi connectivity index (χ2n) is 6.25. The van der Waals surface area contributed by atoms with Crippen LogP contribution in [0, 0.1) is 6.92 Å². The molecule has 0 radical (unpaired) electrons. The quantitative estimate of drug-likeness (QED) is 0.545. The predicted molar refractivity (Wildman–Crippen MR) is 109 cm³/mol. The lowest BCUT2D eigenvalue weighted by Gasteiger charge is -2.28. The molecule has 3 rings (SSSR count). The summed E-state index contributed by atoms with van der Waals surface area (Å²) in [5.41, 5.74) is 1.17. The van der Waals surface area contributed by atoms with Crippen molar-refractivity contribution in [3.8, 4) is 0 Å². The molecule has 1 heterocycles. The van der Waals surface area contributed by atoms with Gasteiger partial charge in [0.15, 0.2) is 5.13 Å². The van der Waals surface area contributed by atoms with Crippen LogP contribution in [0.3, 0.4) is 0 Å². The molecule has 0 aliphatic rings. The van der Waals surface area contributed by atoms with Gasteiger partial charge in [-0.15, -0.1) is 11.3 Å². The van der Waals surface area contributed by atoms with E-state index in [4.69, 9.17) is 0 Å². The van der Waals surface area contributed by atoms with Crippen LogP contribution in [0.2, 0.25) is 0 Å². The Morgan fingerprint density at radius 1 is 1.20 bits per heavy atom. The van der Waals surface area contributed by atoms with E-state index in [1.165, 1.54) is 17.5 Å². The highest BCUT2D eigenvalue weighted by Gasteiger charge is 2.29. The van der Waals surface area contributed by atoms with E-state index in [9.17, 15) is 26.7 Å². The van der Waals surface area contributed by atoms with Crippen molar-refractivity contribution in [3.05, 3.63) is 70.7 Å². The standard InChI is InChI=1S/C19H16F3N3O3S2/c1-12-6-8-14(9-7-12)25(30(27)28)16-5-3-2-4-15(16)17(26)24-18-23-13(11-29-18)10-19(20,21)22/h2-9,11H,10H2,1H3,(H,27,28)(H,23,24,26)/p-1. The van der Waals surface area contributed by atoms with Crippen LogP contribution in [0.4, 0.5) is 29.7 Å². The van der Waals surface area contributed by atoms with Gasteiger partial charge in [0.2, 0.25) is 0 Å². The molecular formula is C19H15F3N3O3S2-. The van der Waals surface area contributed by atoms with E-state index in [0.717, 1.165) is 21.2 Å². The van der Waals surface area contributed by atoms with E-state index in [2.05, 4.69) is 10.3 Å². The van der Waals surface area contributed by atoms with Gasteiger partial charge in [-0.3, -0.25) is 18.6 Å². The minimum atomic E-state index is -4.41. The van der Waals surface area contributed by atoms with Gasteiger partial charge in [0, 0.05) is 5.38 Å². The van der Waals surface area contributed by atoms with Crippen molar-refractivity contribution in [2.24, 2.45) is 0 Å². The van der Waals surface area contributed by atoms with Crippen LogP contribution in [0.1, 0.15) is 21.6 Å². The Labute approximate surface area is 176 Å². The third-order valence-electron chi connectivity index (χ3n) is 3.94. The molecule has 0 bridgehead atoms. The lowest BCUT2D eigenvalue weighted by molar-refractivity contribution is -0.127. The lowest BCUT2D eigenvalue weighted by atomic mass is 10.1. The van der Waals surface area contributed by atoms with E-state index in [-0.39, 0.29) is 22.1 Å². The monoisotopic (exact) mass is 454 g/mol. The SMILES string of the molecule is Cc1ccc(N(c2ccccc2C(=O)Nc2nc(CC(F)(F)F)cs2)S(=O)[O-])cc1. The Morgan fingerprint density at radius 3 is 2.50 bits per heavy atom. The second-order valence-corrected chi connectivity index (χ2v) is 7.91. The van der Waals surface area contributed by atoms with E-state index in [0.29, 0.717) is 5.69 Å². The third kappa shape index (κ3) is 5.43. The summed E-state index contributed by atoms with van der Waals surface area (Å²) in [4.78, 5) is 16.5. The summed E-state index contributed by atoms with van der Waals surface area (Å²) in [6, 6.07) is 12.7. The van der Waals surface area contributed by atoms with Crippen LogP contribution in [0.15, 0.2) is 53.9 Å². The first-order valence-corrected chi connectivity index (χ1v) is 10.4. The smallest absolute Gasteiger partial charge is 0.394 e. The van der Waals surface area contributed by atoms with Crippen molar-refractivity contribution in [1.82, 2.24) is 4.98 Å². The first-order chi connectivity index (χ1) is 14.1. The Hall–Kier alpha value is -2.76. The molecule has 0 aliphatic heterocycles. The average Bonchev–Trinajstić information content (AvgIpc) is 3.08. The zero-order chi connectivity index (χ0) is 21.9. The number of thiazole rings is 1. The number of rotatable bonds is 6. The number of aromatic nitrogens is 1. The molecule has 2 aromatic carbocycles. The minimum absolute atomic E-state index is 0.0146. The normalized spacial score (nSPS) is 12.4. The molecule has 30 heavy (non-hydrogen) atoms. The van der Waals surface area contributed by atoms with Crippen LogP contribution in [0.5, 0.6) is 0 Å². The molecule has 0 spiro atoms. The highest BCUT2D eigenvalue weighted by Crippen LogP contribution is 2.31. The fourth-order valence-corrected chi connectivity index (χ4v) is 3.96. The maximum absolute atomic E-state index is 12.7. The fourth-order valence-electron chi connectivity index (χ4n) is 2.64. The Balaban J connectivity index is 1.89. The molecule has 0 saturated carbocycles. The number of carbonyl (C=O) groups is 1. The maximum atomic E-state index is 12.7. The average molecular weight is 454 g/mol. The Bertz CT molecular complexity index is 1070. The van der Waals surface area contributed by atoms with E-state index < -0.39 is 29.8 Å². The topological polar surface area (TPSA) is 85.4 Å². The van der Waals surface area contributed by atoms with Crippen LogP contribution < -0.4 is 9.62 Å². The van der Waals surface area contributed by atoms with Gasteiger partial charge in [-0.1, -0.05) is 29.8 Å². The Kier molecular flexibility index (Phi) is 6.54. The van der Waals surface area contributed by atoms with Gasteiger partial charge in [-0.25, -0.2) is 4.98 Å². The lowest BCUT2D eigenvalue weighted by Crippen LogP contribution is -2.23. The summed E-state index contributed by atoms with van der Waals surface area (Å²) in [5.74, 6) is -0.693. The molecule has 6 nitrogen and oxygen atoms in total. The van der Waals surface area contributed by atoms with Crippen LogP contribution in [-0.2, 0) is 17.7 Å². The van der Waals surface area contributed by atoms with Gasteiger partial charge in [-0.2, -0.15) is 13.2 Å². The van der Waals surface area contributed by atoms with Crippen molar-refractivity contribution < 1.29 is 26.7 Å². The van der Waals surface area contributed by atoms with Gasteiger partial charge >= 0.3 is 6.18 Å². The number of carbonyl (C=O) groups excluding carboxylic acids is 1. The molecule has 1 unspecified atom stereocenters. The van der Waals surface area contributed by atoms with Gasteiger partial charge < -0.3 is 4.55 Å². The van der Waals surface area contributed by atoms with Crippen LogP contribution in [0.25, 0.3) is 0 Å². The van der Waals surface area contributed by atoms with Gasteiger partial charge in [0.25, 0.3) is 5.91 Å². The number of halogens is 3. The van der Waals surface area contributed by atoms with Crippen molar-refractivity contribution in [3.63, 3.8) is 0 Å². The number of amides is 1. The number of para-hydroxylation sites is 1. The zero-order valence-corrected chi connectivity index (χ0v) is 17.1. The van der Waals surface area contributed by atoms with Crippen molar-refractivity contribution in [2.45, 2.75) is 19.5 Å². The number of alkyl halides is 3. The second kappa shape index (κ2) is 8.94. The number of anilines is 3. The molecule has 1 N–H and O–H groups in total. The molecular weight excluding hydrogens is 439 g/mol. The fraction of sp³-hybridized carbons (Fsp3) is 0.158. The molecule has 1 aromatic heterocycles. The van der Waals surface area contributed by atoms with Crippen molar-refractivity contribution in [1.29, 1.82) is 0 Å². The first-order valence-electron chi connectivity index (χ1n) is 8.52. The van der Waals surface area contributed by atoms with Gasteiger partial charge in [-0.05, 0) is 31.2 Å². The number of nitrogens with one attached hydrogen (secondary N) is 1. The summed E-state index contributed by atoms with van der Waals surface area (Å²) in [7, 11) is 0. The summed E-state index contributed by atoms with van der Waals surface area (Å²) in [5, 5.41) is 3.63. The van der Waals surface area contributed by atoms with Crippen LogP contribution >= 0.6 is 11.3 Å². The molecule has 1 atom stereocenters. The van der Waals surface area contributed by atoms with E-state index >= 15 is 0 Å². The molecule has 11 heteroatoms. The molecule has 0 fully saturated rings. The minimum Gasteiger partial charge on any atom is -0.755 e. The number of aryl methyl sites for hydroxylation is 1. The van der Waals surface area contributed by atoms with Gasteiger partial charge in [0.05, 0.1) is 40.3 Å². The largest absolute Gasteiger partial charge is 0.755 e. The highest BCUT2D eigenvalue weighted by molar-refractivity contribution is 7.81. The number of benzene rings is 2. The first kappa shape index (κ1) is 21.9.